The lowest BCUT2D eigenvalue weighted by atomic mass is 9.88. The number of hydrogen-bond donors (Lipinski definition) is 1. The van der Waals surface area contributed by atoms with Crippen LogP contribution in [0.3, 0.4) is 0 Å². The van der Waals surface area contributed by atoms with E-state index < -0.39 is 6.10 Å². The second kappa shape index (κ2) is 6.07. The van der Waals surface area contributed by atoms with Crippen molar-refractivity contribution in [2.45, 2.75) is 39.2 Å². The molecule has 0 saturated heterocycles. The first-order valence-corrected chi connectivity index (χ1v) is 7.53. The summed E-state index contributed by atoms with van der Waals surface area (Å²) in [5.74, 6) is 1.76. The molecule has 1 fully saturated rings. The van der Waals surface area contributed by atoms with Crippen LogP contribution in [0.4, 0.5) is 0 Å². The third kappa shape index (κ3) is 2.89. The Morgan fingerprint density at radius 1 is 1.44 bits per heavy atom. The van der Waals surface area contributed by atoms with Crippen molar-refractivity contribution >= 4 is 15.9 Å². The number of halogens is 1. The largest absolute Gasteiger partial charge is 0.493 e. The van der Waals surface area contributed by atoms with Gasteiger partial charge in [-0.15, -0.1) is 0 Å². The summed E-state index contributed by atoms with van der Waals surface area (Å²) in [6.45, 7) is 4.83. The number of benzene rings is 1. The molecule has 0 aliphatic heterocycles. The van der Waals surface area contributed by atoms with E-state index in [2.05, 4.69) is 22.9 Å². The normalized spacial score (nSPS) is 25.1. The Labute approximate surface area is 117 Å². The Morgan fingerprint density at radius 3 is 2.83 bits per heavy atom. The molecule has 2 nitrogen and oxygen atoms in total. The van der Waals surface area contributed by atoms with E-state index in [0.717, 1.165) is 22.2 Å². The molecule has 18 heavy (non-hydrogen) atoms. The molecule has 0 bridgehead atoms. The maximum absolute atomic E-state index is 10.6. The Kier molecular flexibility index (Phi) is 4.68. The third-order valence-electron chi connectivity index (χ3n) is 3.92. The average Bonchev–Trinajstić information content (AvgIpc) is 2.77. The summed E-state index contributed by atoms with van der Waals surface area (Å²) in [5, 5.41) is 10.6. The van der Waals surface area contributed by atoms with Crippen molar-refractivity contribution in [1.29, 1.82) is 0 Å². The number of aliphatic hydroxyl groups is 1. The highest BCUT2D eigenvalue weighted by molar-refractivity contribution is 9.10. The predicted molar refractivity (Wildman–Crippen MR) is 76.8 cm³/mol. The lowest BCUT2D eigenvalue weighted by molar-refractivity contribution is 0.0868. The summed E-state index contributed by atoms with van der Waals surface area (Å²) in [5.41, 5.74) is 0.921. The van der Waals surface area contributed by atoms with E-state index in [4.69, 9.17) is 4.74 Å². The number of hydrogen-bond acceptors (Lipinski definition) is 2. The standard InChI is InChI=1S/C15H21BrO2/c1-3-18-14-8-7-11(16)9-13(14)15(17)12-6-4-5-10(12)2/h7-10,12,15,17H,3-6H2,1-2H3. The molecule has 100 valence electrons. The fourth-order valence-corrected chi connectivity index (χ4v) is 3.29. The molecule has 2 rings (SSSR count). The highest BCUT2D eigenvalue weighted by atomic mass is 79.9. The smallest absolute Gasteiger partial charge is 0.125 e. The monoisotopic (exact) mass is 312 g/mol. The van der Waals surface area contributed by atoms with Crippen molar-refractivity contribution in [3.8, 4) is 5.75 Å². The lowest BCUT2D eigenvalue weighted by Gasteiger charge is -2.24. The van der Waals surface area contributed by atoms with Crippen LogP contribution in [0, 0.1) is 11.8 Å². The van der Waals surface area contributed by atoms with Crippen LogP contribution in [0.15, 0.2) is 22.7 Å². The van der Waals surface area contributed by atoms with Gasteiger partial charge in [-0.25, -0.2) is 0 Å². The van der Waals surface area contributed by atoms with Crippen molar-refractivity contribution in [3.63, 3.8) is 0 Å². The third-order valence-corrected chi connectivity index (χ3v) is 4.42. The minimum Gasteiger partial charge on any atom is -0.493 e. The van der Waals surface area contributed by atoms with Crippen LogP contribution in [0.5, 0.6) is 5.75 Å². The van der Waals surface area contributed by atoms with E-state index in [0.29, 0.717) is 18.4 Å². The van der Waals surface area contributed by atoms with Gasteiger partial charge in [-0.1, -0.05) is 35.7 Å². The van der Waals surface area contributed by atoms with Gasteiger partial charge in [-0.2, -0.15) is 0 Å². The molecule has 1 saturated carbocycles. The maximum Gasteiger partial charge on any atom is 0.125 e. The van der Waals surface area contributed by atoms with Gasteiger partial charge in [-0.05, 0) is 43.4 Å². The zero-order chi connectivity index (χ0) is 13.1. The zero-order valence-electron chi connectivity index (χ0n) is 11.0. The number of rotatable bonds is 4. The topological polar surface area (TPSA) is 29.5 Å². The van der Waals surface area contributed by atoms with Crippen LogP contribution in [0.25, 0.3) is 0 Å². The van der Waals surface area contributed by atoms with Gasteiger partial charge in [0.25, 0.3) is 0 Å². The minimum absolute atomic E-state index is 0.360. The van der Waals surface area contributed by atoms with Crippen LogP contribution in [-0.4, -0.2) is 11.7 Å². The van der Waals surface area contributed by atoms with Crippen molar-refractivity contribution in [2.24, 2.45) is 11.8 Å². The van der Waals surface area contributed by atoms with E-state index in [1.807, 2.05) is 25.1 Å². The van der Waals surface area contributed by atoms with Gasteiger partial charge in [-0.3, -0.25) is 0 Å². The second-order valence-electron chi connectivity index (χ2n) is 5.13. The average molecular weight is 313 g/mol. The molecule has 0 heterocycles. The van der Waals surface area contributed by atoms with Gasteiger partial charge in [0, 0.05) is 10.0 Å². The van der Waals surface area contributed by atoms with E-state index in [9.17, 15) is 5.11 Å². The molecule has 3 unspecified atom stereocenters. The van der Waals surface area contributed by atoms with E-state index in [1.54, 1.807) is 0 Å². The zero-order valence-corrected chi connectivity index (χ0v) is 12.6. The van der Waals surface area contributed by atoms with Crippen LogP contribution < -0.4 is 4.74 Å². The quantitative estimate of drug-likeness (QED) is 0.897. The lowest BCUT2D eigenvalue weighted by Crippen LogP contribution is -2.16. The van der Waals surface area contributed by atoms with Gasteiger partial charge >= 0.3 is 0 Å². The van der Waals surface area contributed by atoms with Crippen LogP contribution in [0.1, 0.15) is 44.8 Å². The number of ether oxygens (including phenoxy) is 1. The molecule has 1 N–H and O–H groups in total. The fourth-order valence-electron chi connectivity index (χ4n) is 2.91. The first kappa shape index (κ1) is 13.9. The summed E-state index contributed by atoms with van der Waals surface area (Å²) in [6, 6.07) is 5.88. The first-order valence-electron chi connectivity index (χ1n) is 6.73. The van der Waals surface area contributed by atoms with Crippen molar-refractivity contribution in [1.82, 2.24) is 0 Å². The summed E-state index contributed by atoms with van der Waals surface area (Å²) < 4.78 is 6.62. The van der Waals surface area contributed by atoms with Gasteiger partial charge in [0.1, 0.15) is 5.75 Å². The number of aliphatic hydroxyl groups excluding tert-OH is 1. The molecule has 1 aromatic carbocycles. The van der Waals surface area contributed by atoms with E-state index >= 15 is 0 Å². The van der Waals surface area contributed by atoms with E-state index in [1.165, 1.54) is 12.8 Å². The van der Waals surface area contributed by atoms with Gasteiger partial charge in [0.15, 0.2) is 0 Å². The highest BCUT2D eigenvalue weighted by Crippen LogP contribution is 2.42. The SMILES string of the molecule is CCOc1ccc(Br)cc1C(O)C1CCCC1C. The van der Waals surface area contributed by atoms with Gasteiger partial charge in [0.2, 0.25) is 0 Å². The van der Waals surface area contributed by atoms with Gasteiger partial charge < -0.3 is 9.84 Å². The summed E-state index contributed by atoms with van der Waals surface area (Å²) in [4.78, 5) is 0. The van der Waals surface area contributed by atoms with E-state index in [-0.39, 0.29) is 0 Å². The van der Waals surface area contributed by atoms with Crippen LogP contribution in [0.2, 0.25) is 0 Å². The second-order valence-corrected chi connectivity index (χ2v) is 6.05. The Bertz CT molecular complexity index is 405. The van der Waals surface area contributed by atoms with Crippen molar-refractivity contribution < 1.29 is 9.84 Å². The molecular formula is C15H21BrO2. The van der Waals surface area contributed by atoms with Gasteiger partial charge in [0.05, 0.1) is 12.7 Å². The minimum atomic E-state index is -0.415. The molecule has 0 amide bonds. The Morgan fingerprint density at radius 2 is 2.22 bits per heavy atom. The summed E-state index contributed by atoms with van der Waals surface area (Å²) in [7, 11) is 0. The van der Waals surface area contributed by atoms with Crippen LogP contribution in [-0.2, 0) is 0 Å². The molecule has 1 aromatic rings. The van der Waals surface area contributed by atoms with Crippen LogP contribution >= 0.6 is 15.9 Å². The summed E-state index contributed by atoms with van der Waals surface area (Å²) >= 11 is 3.47. The molecule has 0 radical (unpaired) electrons. The first-order chi connectivity index (χ1) is 8.63. The predicted octanol–water partition coefficient (Wildman–Crippen LogP) is 4.32. The molecule has 0 spiro atoms. The molecular weight excluding hydrogens is 292 g/mol. The molecule has 1 aliphatic carbocycles. The molecule has 3 heteroatoms. The molecule has 0 aromatic heterocycles. The van der Waals surface area contributed by atoms with Crippen molar-refractivity contribution in [3.05, 3.63) is 28.2 Å². The fraction of sp³-hybridized carbons (Fsp3) is 0.600. The Hall–Kier alpha value is -0.540. The summed E-state index contributed by atoms with van der Waals surface area (Å²) in [6.07, 6.45) is 3.14. The molecule has 3 atom stereocenters. The Balaban J connectivity index is 2.27. The van der Waals surface area contributed by atoms with Crippen molar-refractivity contribution in [2.75, 3.05) is 6.61 Å². The molecule has 1 aliphatic rings. The maximum atomic E-state index is 10.6. The highest BCUT2D eigenvalue weighted by Gasteiger charge is 2.32.